The summed E-state index contributed by atoms with van der Waals surface area (Å²) >= 11 is 0. The molecule has 1 aromatic carbocycles. The molecule has 1 amide bonds. The lowest BCUT2D eigenvalue weighted by molar-refractivity contribution is -0.141. The van der Waals surface area contributed by atoms with Crippen molar-refractivity contribution in [1.82, 2.24) is 14.5 Å². The standard InChI is InChI=1S/C20H31N3O6S/c1-22-9-11-23(12-10-22)20(25)13-15-7-8-16(18(14-24)29-15)21-30(26,27)19-6-4-3-5-17(19)28-2/h3-6,15-16,18,21,24H,7-14H2,1-2H3/t15-,16-,18+/m0/s1. The average Bonchev–Trinajstić information content (AvgIpc) is 2.75. The molecule has 2 fully saturated rings. The number of likely N-dealkylation sites (N-methyl/N-ethyl adjacent to an activating group) is 1. The molecule has 2 aliphatic rings. The molecule has 1 aromatic rings. The van der Waals surface area contributed by atoms with Gasteiger partial charge in [0, 0.05) is 26.2 Å². The Labute approximate surface area is 178 Å². The Bertz CT molecular complexity index is 826. The van der Waals surface area contributed by atoms with Gasteiger partial charge < -0.3 is 24.4 Å². The lowest BCUT2D eigenvalue weighted by atomic mass is 9.97. The van der Waals surface area contributed by atoms with E-state index in [2.05, 4.69) is 9.62 Å². The second-order valence-corrected chi connectivity index (χ2v) is 9.51. The predicted octanol–water partition coefficient (Wildman–Crippen LogP) is 0.0461. The smallest absolute Gasteiger partial charge is 0.244 e. The molecule has 10 heteroatoms. The summed E-state index contributed by atoms with van der Waals surface area (Å²) < 4.78 is 39.4. The number of aliphatic hydroxyl groups is 1. The Morgan fingerprint density at radius 2 is 1.93 bits per heavy atom. The van der Waals surface area contributed by atoms with E-state index in [1.165, 1.54) is 13.2 Å². The number of sulfonamides is 1. The number of hydrogen-bond donors (Lipinski definition) is 2. The molecule has 3 rings (SSSR count). The minimum Gasteiger partial charge on any atom is -0.495 e. The van der Waals surface area contributed by atoms with E-state index in [1.54, 1.807) is 18.2 Å². The van der Waals surface area contributed by atoms with Crippen molar-refractivity contribution >= 4 is 15.9 Å². The predicted molar refractivity (Wildman–Crippen MR) is 111 cm³/mol. The maximum absolute atomic E-state index is 12.8. The van der Waals surface area contributed by atoms with Gasteiger partial charge in [-0.25, -0.2) is 13.1 Å². The summed E-state index contributed by atoms with van der Waals surface area (Å²) in [6, 6.07) is 5.78. The first kappa shape index (κ1) is 23.0. The highest BCUT2D eigenvalue weighted by Crippen LogP contribution is 2.27. The van der Waals surface area contributed by atoms with Crippen LogP contribution in [0.2, 0.25) is 0 Å². The molecule has 0 unspecified atom stereocenters. The van der Waals surface area contributed by atoms with Crippen molar-refractivity contribution in [3.05, 3.63) is 24.3 Å². The van der Waals surface area contributed by atoms with E-state index in [4.69, 9.17) is 9.47 Å². The Morgan fingerprint density at radius 3 is 2.60 bits per heavy atom. The number of hydrogen-bond acceptors (Lipinski definition) is 7. The van der Waals surface area contributed by atoms with Crippen LogP contribution < -0.4 is 9.46 Å². The third kappa shape index (κ3) is 5.50. The fourth-order valence-electron chi connectivity index (χ4n) is 3.90. The van der Waals surface area contributed by atoms with E-state index in [9.17, 15) is 18.3 Å². The fraction of sp³-hybridized carbons (Fsp3) is 0.650. The zero-order valence-corrected chi connectivity index (χ0v) is 18.3. The van der Waals surface area contributed by atoms with Crippen LogP contribution in [0.15, 0.2) is 29.2 Å². The Balaban J connectivity index is 1.60. The molecule has 168 valence electrons. The van der Waals surface area contributed by atoms with E-state index in [-0.39, 0.29) is 35.7 Å². The molecule has 3 atom stereocenters. The highest BCUT2D eigenvalue weighted by molar-refractivity contribution is 7.89. The Kier molecular flexibility index (Phi) is 7.70. The van der Waals surface area contributed by atoms with Crippen molar-refractivity contribution in [3.63, 3.8) is 0 Å². The van der Waals surface area contributed by atoms with E-state index in [1.807, 2.05) is 11.9 Å². The number of nitrogens with zero attached hydrogens (tertiary/aromatic N) is 2. The number of benzene rings is 1. The fourth-order valence-corrected chi connectivity index (χ4v) is 5.37. The maximum atomic E-state index is 12.8. The second-order valence-electron chi connectivity index (χ2n) is 7.82. The first-order chi connectivity index (χ1) is 14.3. The lowest BCUT2D eigenvalue weighted by Gasteiger charge is -2.37. The van der Waals surface area contributed by atoms with Gasteiger partial charge in [0.05, 0.1) is 38.4 Å². The second kappa shape index (κ2) is 10.1. The first-order valence-electron chi connectivity index (χ1n) is 10.2. The molecule has 2 N–H and O–H groups in total. The van der Waals surface area contributed by atoms with Gasteiger partial charge in [-0.1, -0.05) is 12.1 Å². The molecule has 0 aliphatic carbocycles. The van der Waals surface area contributed by atoms with Crippen LogP contribution in [-0.2, 0) is 19.6 Å². The summed E-state index contributed by atoms with van der Waals surface area (Å²) in [6.07, 6.45) is 0.205. The van der Waals surface area contributed by atoms with Gasteiger partial charge in [-0.15, -0.1) is 0 Å². The molecule has 0 radical (unpaired) electrons. The molecule has 2 aliphatic heterocycles. The molecular weight excluding hydrogens is 410 g/mol. The van der Waals surface area contributed by atoms with Crippen molar-refractivity contribution in [1.29, 1.82) is 0 Å². The third-order valence-electron chi connectivity index (χ3n) is 5.72. The topological polar surface area (TPSA) is 108 Å². The summed E-state index contributed by atoms with van der Waals surface area (Å²) in [6.45, 7) is 2.77. The van der Waals surface area contributed by atoms with Gasteiger partial charge in [-0.2, -0.15) is 0 Å². The van der Waals surface area contributed by atoms with Crippen LogP contribution in [0.25, 0.3) is 0 Å². The molecule has 0 bridgehead atoms. The lowest BCUT2D eigenvalue weighted by Crippen LogP contribution is -2.52. The largest absolute Gasteiger partial charge is 0.495 e. The van der Waals surface area contributed by atoms with Crippen LogP contribution in [0.3, 0.4) is 0 Å². The number of amides is 1. The van der Waals surface area contributed by atoms with Crippen LogP contribution >= 0.6 is 0 Å². The number of para-hydroxylation sites is 1. The van der Waals surface area contributed by atoms with E-state index in [0.717, 1.165) is 13.1 Å². The highest BCUT2D eigenvalue weighted by Gasteiger charge is 2.36. The van der Waals surface area contributed by atoms with Gasteiger partial charge >= 0.3 is 0 Å². The molecule has 0 saturated carbocycles. The van der Waals surface area contributed by atoms with E-state index in [0.29, 0.717) is 25.9 Å². The van der Waals surface area contributed by atoms with E-state index >= 15 is 0 Å². The summed E-state index contributed by atoms with van der Waals surface area (Å²) in [7, 11) is -0.409. The van der Waals surface area contributed by atoms with Crippen molar-refractivity contribution in [2.24, 2.45) is 0 Å². The molecule has 2 saturated heterocycles. The number of rotatable bonds is 7. The highest BCUT2D eigenvalue weighted by atomic mass is 32.2. The maximum Gasteiger partial charge on any atom is 0.244 e. The van der Waals surface area contributed by atoms with Crippen molar-refractivity contribution in [2.75, 3.05) is 46.9 Å². The average molecular weight is 442 g/mol. The van der Waals surface area contributed by atoms with Crippen LogP contribution in [-0.4, -0.2) is 94.4 Å². The Hall–Kier alpha value is -1.72. The first-order valence-corrected chi connectivity index (χ1v) is 11.7. The third-order valence-corrected chi connectivity index (χ3v) is 7.25. The summed E-state index contributed by atoms with van der Waals surface area (Å²) in [5.41, 5.74) is 0. The van der Waals surface area contributed by atoms with Crippen LogP contribution in [0, 0.1) is 0 Å². The minimum absolute atomic E-state index is 0.0385. The van der Waals surface area contributed by atoms with E-state index < -0.39 is 22.2 Å². The van der Waals surface area contributed by atoms with Gasteiger partial charge in [0.1, 0.15) is 10.6 Å². The number of carbonyl (C=O) groups is 1. The SMILES string of the molecule is COc1ccccc1S(=O)(=O)N[C@H]1CC[C@@H](CC(=O)N2CCN(C)CC2)O[C@@H]1CO. The van der Waals surface area contributed by atoms with Crippen LogP contribution in [0.4, 0.5) is 0 Å². The van der Waals surface area contributed by atoms with Gasteiger partial charge in [-0.3, -0.25) is 4.79 Å². The molecule has 9 nitrogen and oxygen atoms in total. The normalized spacial score (nSPS) is 25.8. The van der Waals surface area contributed by atoms with Crippen molar-refractivity contribution < 1.29 is 27.8 Å². The zero-order valence-electron chi connectivity index (χ0n) is 17.5. The van der Waals surface area contributed by atoms with Gasteiger partial charge in [0.2, 0.25) is 15.9 Å². The number of methoxy groups -OCH3 is 1. The summed E-state index contributed by atoms with van der Waals surface area (Å²) in [5.74, 6) is 0.288. The molecule has 0 spiro atoms. The minimum atomic E-state index is -3.85. The number of nitrogens with one attached hydrogen (secondary N) is 1. The molecule has 0 aromatic heterocycles. The molecule has 30 heavy (non-hydrogen) atoms. The van der Waals surface area contributed by atoms with Gasteiger partial charge in [0.25, 0.3) is 0 Å². The van der Waals surface area contributed by atoms with Gasteiger partial charge in [-0.05, 0) is 32.0 Å². The Morgan fingerprint density at radius 1 is 1.23 bits per heavy atom. The quantitative estimate of drug-likeness (QED) is 0.615. The van der Waals surface area contributed by atoms with Gasteiger partial charge in [0.15, 0.2) is 0 Å². The number of aliphatic hydroxyl groups excluding tert-OH is 1. The molecular formula is C20H31N3O6S. The number of ether oxygens (including phenoxy) is 2. The summed E-state index contributed by atoms with van der Waals surface area (Å²) in [4.78, 5) is 16.6. The number of piperazine rings is 1. The molecule has 2 heterocycles. The summed E-state index contributed by atoms with van der Waals surface area (Å²) in [5, 5.41) is 9.77. The monoisotopic (exact) mass is 441 g/mol. The number of carbonyl (C=O) groups excluding carboxylic acids is 1. The zero-order chi connectivity index (χ0) is 21.7. The van der Waals surface area contributed by atoms with Crippen molar-refractivity contribution in [2.45, 2.75) is 42.4 Å². The van der Waals surface area contributed by atoms with Crippen molar-refractivity contribution in [3.8, 4) is 5.75 Å². The van der Waals surface area contributed by atoms with Crippen LogP contribution in [0.5, 0.6) is 5.75 Å². The van der Waals surface area contributed by atoms with Crippen LogP contribution in [0.1, 0.15) is 19.3 Å².